The predicted molar refractivity (Wildman–Crippen MR) is 64.5 cm³/mol. The van der Waals surface area contributed by atoms with Crippen molar-refractivity contribution < 1.29 is 4.79 Å². The molecule has 0 unspecified atom stereocenters. The first kappa shape index (κ1) is 11.8. The molecule has 0 saturated carbocycles. The standard InChI is InChI=1S/C12H12BrNO/c1-4-12(2,3)14-11(15)9-7-5-6-8-10(9)13/h1,5-8H,2-3H3,(H,14,15). The van der Waals surface area contributed by atoms with Crippen molar-refractivity contribution in [2.75, 3.05) is 0 Å². The summed E-state index contributed by atoms with van der Waals surface area (Å²) in [5, 5.41) is 2.76. The molecular formula is C12H12BrNO. The lowest BCUT2D eigenvalue weighted by Gasteiger charge is -2.19. The molecule has 2 nitrogen and oxygen atoms in total. The van der Waals surface area contributed by atoms with Gasteiger partial charge in [-0.2, -0.15) is 0 Å². The minimum Gasteiger partial charge on any atom is -0.336 e. The van der Waals surface area contributed by atoms with Crippen molar-refractivity contribution in [1.82, 2.24) is 5.32 Å². The zero-order valence-corrected chi connectivity index (χ0v) is 10.3. The first-order valence-corrected chi connectivity index (χ1v) is 5.30. The van der Waals surface area contributed by atoms with Gasteiger partial charge in [-0.1, -0.05) is 18.1 Å². The van der Waals surface area contributed by atoms with Crippen LogP contribution in [0, 0.1) is 12.3 Å². The zero-order valence-electron chi connectivity index (χ0n) is 8.67. The summed E-state index contributed by atoms with van der Waals surface area (Å²) in [6.07, 6.45) is 5.29. The maximum absolute atomic E-state index is 11.8. The summed E-state index contributed by atoms with van der Waals surface area (Å²) in [4.78, 5) is 11.8. The van der Waals surface area contributed by atoms with Crippen LogP contribution in [-0.2, 0) is 0 Å². The Bertz CT molecular complexity index is 418. The third-order valence-corrected chi connectivity index (χ3v) is 2.60. The molecule has 1 amide bonds. The molecule has 0 fully saturated rings. The molecular weight excluding hydrogens is 254 g/mol. The van der Waals surface area contributed by atoms with Crippen molar-refractivity contribution in [3.05, 3.63) is 34.3 Å². The number of amides is 1. The third-order valence-electron chi connectivity index (χ3n) is 1.91. The fraction of sp³-hybridized carbons (Fsp3) is 0.250. The number of carbonyl (C=O) groups is 1. The predicted octanol–water partition coefficient (Wildman–Crippen LogP) is 2.59. The molecule has 0 radical (unpaired) electrons. The van der Waals surface area contributed by atoms with E-state index in [1.165, 1.54) is 0 Å². The molecule has 3 heteroatoms. The maximum atomic E-state index is 11.8. The lowest BCUT2D eigenvalue weighted by atomic mass is 10.1. The smallest absolute Gasteiger partial charge is 0.253 e. The molecule has 0 bridgehead atoms. The molecule has 1 aromatic rings. The fourth-order valence-corrected chi connectivity index (χ4v) is 1.50. The van der Waals surface area contributed by atoms with E-state index in [-0.39, 0.29) is 5.91 Å². The van der Waals surface area contributed by atoms with Crippen LogP contribution in [0.4, 0.5) is 0 Å². The van der Waals surface area contributed by atoms with Crippen LogP contribution in [0.2, 0.25) is 0 Å². The van der Waals surface area contributed by atoms with Gasteiger partial charge in [0, 0.05) is 4.47 Å². The van der Waals surface area contributed by atoms with Crippen LogP contribution in [-0.4, -0.2) is 11.4 Å². The van der Waals surface area contributed by atoms with E-state index in [1.807, 2.05) is 18.2 Å². The normalized spacial score (nSPS) is 10.5. The average Bonchev–Trinajstić information content (AvgIpc) is 2.17. The van der Waals surface area contributed by atoms with Crippen molar-refractivity contribution >= 4 is 21.8 Å². The number of carbonyl (C=O) groups excluding carboxylic acids is 1. The molecule has 78 valence electrons. The van der Waals surface area contributed by atoms with Crippen molar-refractivity contribution in [1.29, 1.82) is 0 Å². The molecule has 15 heavy (non-hydrogen) atoms. The molecule has 0 atom stereocenters. The van der Waals surface area contributed by atoms with Gasteiger partial charge in [-0.25, -0.2) is 0 Å². The number of nitrogens with one attached hydrogen (secondary N) is 1. The topological polar surface area (TPSA) is 29.1 Å². The number of benzene rings is 1. The molecule has 1 rings (SSSR count). The highest BCUT2D eigenvalue weighted by atomic mass is 79.9. The quantitative estimate of drug-likeness (QED) is 0.819. The Morgan fingerprint density at radius 2 is 2.07 bits per heavy atom. The van der Waals surface area contributed by atoms with E-state index >= 15 is 0 Å². The van der Waals surface area contributed by atoms with Gasteiger partial charge in [-0.3, -0.25) is 4.79 Å². The molecule has 0 aromatic heterocycles. The SMILES string of the molecule is C#CC(C)(C)NC(=O)c1ccccc1Br. The summed E-state index contributed by atoms with van der Waals surface area (Å²) >= 11 is 3.31. The van der Waals surface area contributed by atoms with Crippen LogP contribution in [0.3, 0.4) is 0 Å². The monoisotopic (exact) mass is 265 g/mol. The van der Waals surface area contributed by atoms with E-state index in [1.54, 1.807) is 19.9 Å². The summed E-state index contributed by atoms with van der Waals surface area (Å²) in [5.41, 5.74) is -0.0485. The number of terminal acetylenes is 1. The van der Waals surface area contributed by atoms with Gasteiger partial charge >= 0.3 is 0 Å². The van der Waals surface area contributed by atoms with E-state index in [0.717, 1.165) is 4.47 Å². The molecule has 0 aliphatic carbocycles. The van der Waals surface area contributed by atoms with E-state index in [2.05, 4.69) is 27.2 Å². The van der Waals surface area contributed by atoms with Gasteiger partial charge in [-0.15, -0.1) is 6.42 Å². The second-order valence-corrected chi connectivity index (χ2v) is 4.56. The van der Waals surface area contributed by atoms with Crippen molar-refractivity contribution in [2.24, 2.45) is 0 Å². The van der Waals surface area contributed by atoms with Crippen molar-refractivity contribution in [2.45, 2.75) is 19.4 Å². The molecule has 0 aliphatic heterocycles. The molecule has 0 heterocycles. The zero-order chi connectivity index (χ0) is 11.5. The van der Waals surface area contributed by atoms with Crippen molar-refractivity contribution in [3.63, 3.8) is 0 Å². The Kier molecular flexibility index (Phi) is 3.54. The third kappa shape index (κ3) is 3.10. The molecule has 0 aliphatic rings. The number of hydrogen-bond acceptors (Lipinski definition) is 1. The highest BCUT2D eigenvalue weighted by molar-refractivity contribution is 9.10. The van der Waals surface area contributed by atoms with E-state index in [0.29, 0.717) is 5.56 Å². The van der Waals surface area contributed by atoms with E-state index in [4.69, 9.17) is 6.42 Å². The fourth-order valence-electron chi connectivity index (χ4n) is 1.03. The van der Waals surface area contributed by atoms with Gasteiger partial charge in [0.15, 0.2) is 0 Å². The van der Waals surface area contributed by atoms with Gasteiger partial charge in [0.25, 0.3) is 5.91 Å². The van der Waals surface area contributed by atoms with Gasteiger partial charge in [0.05, 0.1) is 11.1 Å². The van der Waals surface area contributed by atoms with Crippen LogP contribution >= 0.6 is 15.9 Å². The summed E-state index contributed by atoms with van der Waals surface area (Å²) in [7, 11) is 0. The summed E-state index contributed by atoms with van der Waals surface area (Å²) in [6.45, 7) is 3.56. The number of rotatable bonds is 2. The molecule has 0 spiro atoms. The Morgan fingerprint density at radius 1 is 1.47 bits per heavy atom. The highest BCUT2D eigenvalue weighted by Gasteiger charge is 2.19. The Balaban J connectivity index is 2.89. The van der Waals surface area contributed by atoms with Crippen LogP contribution in [0.25, 0.3) is 0 Å². The first-order chi connectivity index (χ1) is 6.96. The van der Waals surface area contributed by atoms with Crippen LogP contribution in [0.1, 0.15) is 24.2 Å². The molecule has 1 N–H and O–H groups in total. The number of halogens is 1. The largest absolute Gasteiger partial charge is 0.336 e. The number of hydrogen-bond donors (Lipinski definition) is 1. The van der Waals surface area contributed by atoms with Gasteiger partial charge in [0.2, 0.25) is 0 Å². The average molecular weight is 266 g/mol. The highest BCUT2D eigenvalue weighted by Crippen LogP contribution is 2.16. The van der Waals surface area contributed by atoms with Gasteiger partial charge in [0.1, 0.15) is 0 Å². The summed E-state index contributed by atoms with van der Waals surface area (Å²) in [6, 6.07) is 7.22. The minimum atomic E-state index is -0.633. The second-order valence-electron chi connectivity index (χ2n) is 3.70. The van der Waals surface area contributed by atoms with Crippen LogP contribution in [0.15, 0.2) is 28.7 Å². The van der Waals surface area contributed by atoms with Crippen molar-refractivity contribution in [3.8, 4) is 12.3 Å². The summed E-state index contributed by atoms with van der Waals surface area (Å²) < 4.78 is 0.760. The van der Waals surface area contributed by atoms with E-state index < -0.39 is 5.54 Å². The van der Waals surface area contributed by atoms with Crippen LogP contribution < -0.4 is 5.32 Å². The van der Waals surface area contributed by atoms with Gasteiger partial charge in [-0.05, 0) is 41.9 Å². The van der Waals surface area contributed by atoms with Gasteiger partial charge < -0.3 is 5.32 Å². The maximum Gasteiger partial charge on any atom is 0.253 e. The molecule has 0 saturated heterocycles. The van der Waals surface area contributed by atoms with Crippen LogP contribution in [0.5, 0.6) is 0 Å². The first-order valence-electron chi connectivity index (χ1n) is 4.51. The summed E-state index contributed by atoms with van der Waals surface area (Å²) in [5.74, 6) is 2.34. The Morgan fingerprint density at radius 3 is 2.60 bits per heavy atom. The molecule has 1 aromatic carbocycles. The minimum absolute atomic E-state index is 0.176. The Labute approximate surface area is 98.2 Å². The second kappa shape index (κ2) is 4.50. The Hall–Kier alpha value is -1.27. The lowest BCUT2D eigenvalue weighted by molar-refractivity contribution is 0.0929. The lowest BCUT2D eigenvalue weighted by Crippen LogP contribution is -2.42. The van der Waals surface area contributed by atoms with E-state index in [9.17, 15) is 4.79 Å².